The van der Waals surface area contributed by atoms with E-state index in [1.807, 2.05) is 50.2 Å². The molecule has 34 heavy (non-hydrogen) atoms. The Morgan fingerprint density at radius 2 is 1.91 bits per heavy atom. The molecule has 0 radical (unpaired) electrons. The monoisotopic (exact) mass is 462 g/mol. The number of nitrogens with zero attached hydrogens (tertiary/aromatic N) is 1. The number of ether oxygens (including phenoxy) is 3. The van der Waals surface area contributed by atoms with Crippen molar-refractivity contribution < 1.29 is 23.8 Å². The summed E-state index contributed by atoms with van der Waals surface area (Å²) in [6.45, 7) is 4.78. The predicted molar refractivity (Wildman–Crippen MR) is 127 cm³/mol. The lowest BCUT2D eigenvalue weighted by atomic mass is 9.72. The number of allylic oxidation sites excluding steroid dienone is 3. The van der Waals surface area contributed by atoms with Crippen LogP contribution in [0, 0.1) is 0 Å². The summed E-state index contributed by atoms with van der Waals surface area (Å²) in [4.78, 5) is 30.9. The first-order valence-corrected chi connectivity index (χ1v) is 11.6. The van der Waals surface area contributed by atoms with Crippen LogP contribution in [0.1, 0.15) is 49.7 Å². The molecule has 1 aromatic heterocycles. The largest absolute Gasteiger partial charge is 0.497 e. The summed E-state index contributed by atoms with van der Waals surface area (Å²) < 4.78 is 16.1. The van der Waals surface area contributed by atoms with Gasteiger partial charge in [-0.25, -0.2) is 4.79 Å². The minimum Gasteiger partial charge on any atom is -0.497 e. The Balaban J connectivity index is 1.67. The molecule has 0 fully saturated rings. The lowest BCUT2D eigenvalue weighted by molar-refractivity contribution is -0.140. The zero-order chi connectivity index (χ0) is 24.1. The van der Waals surface area contributed by atoms with Crippen molar-refractivity contribution in [1.29, 1.82) is 0 Å². The Morgan fingerprint density at radius 3 is 2.59 bits per heavy atom. The molecule has 2 aromatic rings. The zero-order valence-electron chi connectivity index (χ0n) is 19.8. The quantitative estimate of drug-likeness (QED) is 0.468. The van der Waals surface area contributed by atoms with Crippen LogP contribution < -0.4 is 10.1 Å². The summed E-state index contributed by atoms with van der Waals surface area (Å²) in [6, 6.07) is 11.6. The van der Waals surface area contributed by atoms with E-state index in [2.05, 4.69) is 10.3 Å². The molecular weight excluding hydrogens is 432 g/mol. The topological polar surface area (TPSA) is 86.8 Å². The van der Waals surface area contributed by atoms with Gasteiger partial charge in [0, 0.05) is 48.3 Å². The van der Waals surface area contributed by atoms with E-state index in [9.17, 15) is 9.59 Å². The minimum absolute atomic E-state index is 0.0236. The highest BCUT2D eigenvalue weighted by atomic mass is 16.6. The number of nitrogens with one attached hydrogen (secondary N) is 1. The maximum absolute atomic E-state index is 13.6. The van der Waals surface area contributed by atoms with Gasteiger partial charge in [0.1, 0.15) is 12.4 Å². The molecule has 7 heteroatoms. The van der Waals surface area contributed by atoms with Crippen molar-refractivity contribution in [2.45, 2.75) is 38.5 Å². The highest BCUT2D eigenvalue weighted by Gasteiger charge is 2.41. The number of aromatic nitrogens is 1. The van der Waals surface area contributed by atoms with Gasteiger partial charge in [-0.3, -0.25) is 9.78 Å². The lowest BCUT2D eigenvalue weighted by Crippen LogP contribution is -2.36. The number of pyridine rings is 1. The molecule has 1 aromatic carbocycles. The zero-order valence-corrected chi connectivity index (χ0v) is 19.8. The van der Waals surface area contributed by atoms with Gasteiger partial charge in [0.15, 0.2) is 5.78 Å². The van der Waals surface area contributed by atoms with Crippen LogP contribution in [-0.4, -0.2) is 43.7 Å². The van der Waals surface area contributed by atoms with E-state index in [1.165, 1.54) is 0 Å². The Kier molecular flexibility index (Phi) is 7.43. The predicted octanol–water partition coefficient (Wildman–Crippen LogP) is 4.03. The molecule has 4 rings (SSSR count). The van der Waals surface area contributed by atoms with Gasteiger partial charge in [0.2, 0.25) is 0 Å². The molecule has 7 nitrogen and oxygen atoms in total. The summed E-state index contributed by atoms with van der Waals surface area (Å²) in [6.07, 6.45) is 4.44. The summed E-state index contributed by atoms with van der Waals surface area (Å²) >= 11 is 0. The molecule has 2 atom stereocenters. The van der Waals surface area contributed by atoms with E-state index in [0.29, 0.717) is 42.9 Å². The van der Waals surface area contributed by atoms with E-state index in [0.717, 1.165) is 22.6 Å². The summed E-state index contributed by atoms with van der Waals surface area (Å²) in [5.41, 5.74) is 4.50. The highest BCUT2D eigenvalue weighted by molar-refractivity contribution is 6.04. The van der Waals surface area contributed by atoms with Crippen LogP contribution in [0.15, 0.2) is 71.3 Å². The number of hydrogen-bond acceptors (Lipinski definition) is 7. The van der Waals surface area contributed by atoms with Crippen molar-refractivity contribution >= 4 is 11.8 Å². The number of dihydropyridines is 1. The molecule has 0 amide bonds. The van der Waals surface area contributed by atoms with Gasteiger partial charge in [0.25, 0.3) is 0 Å². The summed E-state index contributed by atoms with van der Waals surface area (Å²) in [5, 5.41) is 3.36. The van der Waals surface area contributed by atoms with Crippen LogP contribution in [0.5, 0.6) is 5.75 Å². The smallest absolute Gasteiger partial charge is 0.336 e. The second-order valence-electron chi connectivity index (χ2n) is 8.41. The van der Waals surface area contributed by atoms with Crippen molar-refractivity contribution in [2.75, 3.05) is 26.9 Å². The molecule has 0 saturated heterocycles. The van der Waals surface area contributed by atoms with Crippen LogP contribution in [0.4, 0.5) is 0 Å². The molecule has 1 aliphatic carbocycles. The number of carbonyl (C=O) groups is 2. The molecular formula is C27H30N2O5. The Morgan fingerprint density at radius 1 is 1.12 bits per heavy atom. The molecule has 178 valence electrons. The number of hydrogen-bond donors (Lipinski definition) is 1. The first kappa shape index (κ1) is 23.7. The second kappa shape index (κ2) is 10.7. The third-order valence-corrected chi connectivity index (χ3v) is 6.32. The van der Waals surface area contributed by atoms with Crippen molar-refractivity contribution in [3.8, 4) is 5.75 Å². The number of rotatable bonds is 8. The normalized spacial score (nSPS) is 20.0. The number of benzene rings is 1. The van der Waals surface area contributed by atoms with E-state index in [-0.39, 0.29) is 18.3 Å². The van der Waals surface area contributed by atoms with Gasteiger partial charge in [-0.2, -0.15) is 0 Å². The van der Waals surface area contributed by atoms with E-state index >= 15 is 0 Å². The molecule has 2 heterocycles. The second-order valence-corrected chi connectivity index (χ2v) is 8.41. The standard InChI is InChI=1S/C27H30N2O5/c1-4-33-12-13-34-27(31)24-17(2)29-22-14-20(18-7-9-21(32-3)10-8-18)15-23(30)26(22)25(24)19-6-5-11-28-16-19/h5-11,16,20,25,29H,4,12-15H2,1-3H3. The molecule has 2 unspecified atom stereocenters. The van der Waals surface area contributed by atoms with Gasteiger partial charge in [-0.15, -0.1) is 0 Å². The number of methoxy groups -OCH3 is 1. The fourth-order valence-corrected chi connectivity index (χ4v) is 4.72. The molecule has 2 aliphatic rings. The maximum Gasteiger partial charge on any atom is 0.336 e. The molecule has 0 spiro atoms. The van der Waals surface area contributed by atoms with Crippen molar-refractivity contribution in [3.63, 3.8) is 0 Å². The number of carbonyl (C=O) groups excluding carboxylic acids is 2. The Labute approximate surface area is 199 Å². The average Bonchev–Trinajstić information content (AvgIpc) is 2.86. The highest BCUT2D eigenvalue weighted by Crippen LogP contribution is 2.45. The van der Waals surface area contributed by atoms with Gasteiger partial charge in [-0.05, 0) is 55.5 Å². The molecule has 1 N–H and O–H groups in total. The van der Waals surface area contributed by atoms with Crippen LogP contribution in [0.3, 0.4) is 0 Å². The summed E-state index contributed by atoms with van der Waals surface area (Å²) in [7, 11) is 1.63. The van der Waals surface area contributed by atoms with Gasteiger partial charge >= 0.3 is 5.97 Å². The number of Topliss-reactive ketones (excluding diaryl/α,β-unsaturated/α-hetero) is 1. The van der Waals surface area contributed by atoms with Gasteiger partial charge < -0.3 is 19.5 Å². The van der Waals surface area contributed by atoms with Crippen molar-refractivity contribution in [1.82, 2.24) is 10.3 Å². The van der Waals surface area contributed by atoms with Crippen molar-refractivity contribution in [2.24, 2.45) is 0 Å². The first-order chi connectivity index (χ1) is 16.5. The first-order valence-electron chi connectivity index (χ1n) is 11.6. The van der Waals surface area contributed by atoms with Crippen LogP contribution >= 0.6 is 0 Å². The van der Waals surface area contributed by atoms with Crippen molar-refractivity contribution in [3.05, 3.63) is 82.5 Å². The van der Waals surface area contributed by atoms with Gasteiger partial charge in [0.05, 0.1) is 19.3 Å². The Bertz CT molecular complexity index is 1110. The van der Waals surface area contributed by atoms with E-state index in [4.69, 9.17) is 14.2 Å². The average molecular weight is 463 g/mol. The number of ketones is 1. The fourth-order valence-electron chi connectivity index (χ4n) is 4.72. The van der Waals surface area contributed by atoms with Crippen LogP contribution in [0.2, 0.25) is 0 Å². The van der Waals surface area contributed by atoms with Crippen LogP contribution in [-0.2, 0) is 19.1 Å². The van der Waals surface area contributed by atoms with Crippen LogP contribution in [0.25, 0.3) is 0 Å². The van der Waals surface area contributed by atoms with E-state index < -0.39 is 11.9 Å². The van der Waals surface area contributed by atoms with E-state index in [1.54, 1.807) is 19.5 Å². The SMILES string of the molecule is CCOCCOC(=O)C1=C(C)NC2=C(C(=O)CC(c3ccc(OC)cc3)C2)C1c1cccnc1. The Hall–Kier alpha value is -3.45. The van der Waals surface area contributed by atoms with Gasteiger partial charge in [-0.1, -0.05) is 18.2 Å². The third-order valence-electron chi connectivity index (χ3n) is 6.32. The minimum atomic E-state index is -0.520. The molecule has 0 saturated carbocycles. The number of esters is 1. The summed E-state index contributed by atoms with van der Waals surface area (Å²) in [5.74, 6) is -0.115. The third kappa shape index (κ3) is 4.89. The fraction of sp³-hybridized carbons (Fsp3) is 0.370. The maximum atomic E-state index is 13.6. The molecule has 1 aliphatic heterocycles. The molecule has 0 bridgehead atoms. The lowest BCUT2D eigenvalue weighted by Gasteiger charge is -2.36.